The van der Waals surface area contributed by atoms with Crippen LogP contribution in [0, 0.1) is 11.8 Å². The first kappa shape index (κ1) is 12.7. The molecule has 0 aliphatic heterocycles. The van der Waals surface area contributed by atoms with E-state index in [9.17, 15) is 0 Å². The van der Waals surface area contributed by atoms with Gasteiger partial charge < -0.3 is 5.11 Å². The highest BCUT2D eigenvalue weighted by atomic mass is 16.2. The van der Waals surface area contributed by atoms with E-state index in [0.717, 1.165) is 17.6 Å². The Bertz CT molecular complexity index is 295. The van der Waals surface area contributed by atoms with Gasteiger partial charge in [0.2, 0.25) is 0 Å². The molecule has 1 heteroatoms. The molecule has 0 amide bonds. The summed E-state index contributed by atoms with van der Waals surface area (Å²) < 4.78 is 0. The van der Waals surface area contributed by atoms with Crippen LogP contribution in [0.2, 0.25) is 0 Å². The Hall–Kier alpha value is -1.26. The molecule has 0 rings (SSSR count). The summed E-state index contributed by atoms with van der Waals surface area (Å²) in [5, 5.41) is 8.59. The highest BCUT2D eigenvalue weighted by Gasteiger charge is 1.79. The van der Waals surface area contributed by atoms with Crippen LogP contribution < -0.4 is 0 Å². The van der Waals surface area contributed by atoms with Crippen molar-refractivity contribution in [2.75, 3.05) is 6.61 Å². The summed E-state index contributed by atoms with van der Waals surface area (Å²) in [7, 11) is 0. The SMILES string of the molecule is CC/C=C/C(C)=C/C#C/C(C)=C\CO. The molecule has 0 saturated heterocycles. The molecule has 0 aliphatic carbocycles. The molecule has 0 unspecified atom stereocenters. The molecule has 0 radical (unpaired) electrons. The minimum absolute atomic E-state index is 0.0545. The topological polar surface area (TPSA) is 20.2 Å². The Balaban J connectivity index is 4.26. The van der Waals surface area contributed by atoms with E-state index in [1.165, 1.54) is 0 Å². The average Bonchev–Trinajstić information content (AvgIpc) is 2.15. The first-order chi connectivity index (χ1) is 6.70. The first-order valence-corrected chi connectivity index (χ1v) is 4.83. The summed E-state index contributed by atoms with van der Waals surface area (Å²) in [6.45, 7) is 6.06. The van der Waals surface area contributed by atoms with Crippen molar-refractivity contribution >= 4 is 0 Å². The smallest absolute Gasteiger partial charge is 0.0624 e. The van der Waals surface area contributed by atoms with Crippen LogP contribution in [-0.4, -0.2) is 11.7 Å². The van der Waals surface area contributed by atoms with Crippen LogP contribution in [0.3, 0.4) is 0 Å². The van der Waals surface area contributed by atoms with E-state index >= 15 is 0 Å². The van der Waals surface area contributed by atoms with E-state index in [-0.39, 0.29) is 6.61 Å². The molecule has 0 aromatic rings. The minimum Gasteiger partial charge on any atom is -0.392 e. The lowest BCUT2D eigenvalue weighted by Gasteiger charge is -1.86. The average molecular weight is 190 g/mol. The zero-order chi connectivity index (χ0) is 10.8. The number of rotatable bonds is 3. The Labute approximate surface area is 86.8 Å². The zero-order valence-corrected chi connectivity index (χ0v) is 9.17. The summed E-state index contributed by atoms with van der Waals surface area (Å²) in [6, 6.07) is 0. The fraction of sp³-hybridized carbons (Fsp3) is 0.385. The summed E-state index contributed by atoms with van der Waals surface area (Å²) in [5.74, 6) is 5.87. The van der Waals surface area contributed by atoms with Crippen molar-refractivity contribution < 1.29 is 5.11 Å². The summed E-state index contributed by atoms with van der Waals surface area (Å²) >= 11 is 0. The molecule has 76 valence electrons. The second-order valence-electron chi connectivity index (χ2n) is 3.04. The van der Waals surface area contributed by atoms with Gasteiger partial charge in [0.1, 0.15) is 0 Å². The summed E-state index contributed by atoms with van der Waals surface area (Å²) in [6.07, 6.45) is 8.77. The lowest BCUT2D eigenvalue weighted by molar-refractivity contribution is 0.342. The number of aliphatic hydroxyl groups is 1. The van der Waals surface area contributed by atoms with Crippen LogP contribution >= 0.6 is 0 Å². The minimum atomic E-state index is 0.0545. The predicted molar refractivity (Wildman–Crippen MR) is 61.8 cm³/mol. The fourth-order valence-corrected chi connectivity index (χ4v) is 0.804. The van der Waals surface area contributed by atoms with Crippen LogP contribution in [0.1, 0.15) is 27.2 Å². The van der Waals surface area contributed by atoms with Crippen molar-refractivity contribution in [1.82, 2.24) is 0 Å². The van der Waals surface area contributed by atoms with Gasteiger partial charge >= 0.3 is 0 Å². The third kappa shape index (κ3) is 7.39. The van der Waals surface area contributed by atoms with Gasteiger partial charge in [-0.05, 0) is 43.6 Å². The van der Waals surface area contributed by atoms with Gasteiger partial charge in [-0.25, -0.2) is 0 Å². The van der Waals surface area contributed by atoms with Crippen molar-refractivity contribution in [3.05, 3.63) is 35.5 Å². The largest absolute Gasteiger partial charge is 0.392 e. The van der Waals surface area contributed by atoms with Gasteiger partial charge in [0.15, 0.2) is 0 Å². The highest BCUT2D eigenvalue weighted by Crippen LogP contribution is 1.95. The van der Waals surface area contributed by atoms with Crippen LogP contribution in [-0.2, 0) is 0 Å². The molecular formula is C13H18O. The lowest BCUT2D eigenvalue weighted by atomic mass is 10.2. The number of aliphatic hydroxyl groups excluding tert-OH is 1. The predicted octanol–water partition coefficient (Wildman–Crippen LogP) is 2.84. The van der Waals surface area contributed by atoms with Crippen LogP contribution in [0.15, 0.2) is 35.5 Å². The quantitative estimate of drug-likeness (QED) is 0.536. The number of hydrogen-bond acceptors (Lipinski definition) is 1. The van der Waals surface area contributed by atoms with E-state index in [1.54, 1.807) is 6.08 Å². The molecule has 0 aromatic heterocycles. The number of hydrogen-bond donors (Lipinski definition) is 1. The van der Waals surface area contributed by atoms with Crippen molar-refractivity contribution in [3.8, 4) is 11.8 Å². The van der Waals surface area contributed by atoms with Gasteiger partial charge in [-0.15, -0.1) is 0 Å². The molecule has 0 aromatic carbocycles. The van der Waals surface area contributed by atoms with Gasteiger partial charge in [0.05, 0.1) is 6.61 Å². The summed E-state index contributed by atoms with van der Waals surface area (Å²) in [4.78, 5) is 0. The van der Waals surface area contributed by atoms with Crippen molar-refractivity contribution in [3.63, 3.8) is 0 Å². The van der Waals surface area contributed by atoms with Crippen molar-refractivity contribution in [2.45, 2.75) is 27.2 Å². The van der Waals surface area contributed by atoms with E-state index in [0.29, 0.717) is 0 Å². The molecule has 1 N–H and O–H groups in total. The van der Waals surface area contributed by atoms with E-state index in [2.05, 4.69) is 30.9 Å². The van der Waals surface area contributed by atoms with Crippen molar-refractivity contribution in [1.29, 1.82) is 0 Å². The van der Waals surface area contributed by atoms with Crippen LogP contribution in [0.5, 0.6) is 0 Å². The maximum absolute atomic E-state index is 8.59. The van der Waals surface area contributed by atoms with Gasteiger partial charge in [-0.3, -0.25) is 0 Å². The Morgan fingerprint density at radius 2 is 2.07 bits per heavy atom. The molecule has 14 heavy (non-hydrogen) atoms. The molecule has 0 fully saturated rings. The van der Waals surface area contributed by atoms with E-state index in [4.69, 9.17) is 5.11 Å². The van der Waals surface area contributed by atoms with Gasteiger partial charge in [-0.2, -0.15) is 0 Å². The highest BCUT2D eigenvalue weighted by molar-refractivity contribution is 5.34. The maximum Gasteiger partial charge on any atom is 0.0624 e. The Morgan fingerprint density at radius 1 is 1.36 bits per heavy atom. The maximum atomic E-state index is 8.59. The van der Waals surface area contributed by atoms with E-state index in [1.807, 2.05) is 19.9 Å². The van der Waals surface area contributed by atoms with Crippen LogP contribution in [0.4, 0.5) is 0 Å². The monoisotopic (exact) mass is 190 g/mol. The molecule has 0 spiro atoms. The fourth-order valence-electron chi connectivity index (χ4n) is 0.804. The molecule has 0 atom stereocenters. The van der Waals surface area contributed by atoms with Gasteiger partial charge in [-0.1, -0.05) is 30.9 Å². The third-order valence-electron chi connectivity index (χ3n) is 1.58. The molecule has 0 bridgehead atoms. The Kier molecular flexibility index (Phi) is 7.59. The molecule has 0 saturated carbocycles. The van der Waals surface area contributed by atoms with Gasteiger partial charge in [0, 0.05) is 0 Å². The van der Waals surface area contributed by atoms with Crippen LogP contribution in [0.25, 0.3) is 0 Å². The second kappa shape index (κ2) is 8.34. The lowest BCUT2D eigenvalue weighted by Crippen LogP contribution is -1.75. The van der Waals surface area contributed by atoms with Gasteiger partial charge in [0.25, 0.3) is 0 Å². The number of allylic oxidation sites excluding steroid dienone is 5. The Morgan fingerprint density at radius 3 is 2.64 bits per heavy atom. The third-order valence-corrected chi connectivity index (χ3v) is 1.58. The molecule has 0 heterocycles. The first-order valence-electron chi connectivity index (χ1n) is 4.83. The van der Waals surface area contributed by atoms with E-state index < -0.39 is 0 Å². The second-order valence-corrected chi connectivity index (χ2v) is 3.04. The standard InChI is InChI=1S/C13H18O/c1-4-5-7-12(2)8-6-9-13(3)10-11-14/h5,7-8,10,14H,4,11H2,1-3H3/b7-5+,12-8+,13-10-. The molecular weight excluding hydrogens is 172 g/mol. The van der Waals surface area contributed by atoms with Crippen molar-refractivity contribution in [2.24, 2.45) is 0 Å². The molecule has 0 aliphatic rings. The normalized spacial score (nSPS) is 12.9. The zero-order valence-electron chi connectivity index (χ0n) is 9.17. The summed E-state index contributed by atoms with van der Waals surface area (Å²) in [5.41, 5.74) is 2.05. The molecule has 1 nitrogen and oxygen atoms in total.